The van der Waals surface area contributed by atoms with E-state index < -0.39 is 5.41 Å². The Labute approximate surface area is 352 Å². The highest BCUT2D eigenvalue weighted by molar-refractivity contribution is 6.14. The second-order valence-corrected chi connectivity index (χ2v) is 16.8. The van der Waals surface area contributed by atoms with Crippen molar-refractivity contribution < 1.29 is 0 Å². The minimum absolute atomic E-state index is 0.438. The first-order valence-corrected chi connectivity index (χ1v) is 21.3. The molecule has 2 heteroatoms. The SMILES string of the molecule is c1ccc(-n2c3ccccc3c3cc(-c4ccc5c(c4)c4ccccc4n5-c4cccc5c4-c4ccccc4C54c5ccccc5-c5c4ccc4ccccc54)ccc32)cc1. The Morgan fingerprint density at radius 2 is 0.803 bits per heavy atom. The lowest BCUT2D eigenvalue weighted by atomic mass is 9.70. The minimum atomic E-state index is -0.438. The molecule has 2 aliphatic rings. The zero-order valence-electron chi connectivity index (χ0n) is 33.2. The van der Waals surface area contributed by atoms with Crippen LogP contribution in [-0.2, 0) is 5.41 Å². The highest BCUT2D eigenvalue weighted by atomic mass is 15.0. The van der Waals surface area contributed by atoms with Gasteiger partial charge >= 0.3 is 0 Å². The predicted molar refractivity (Wildman–Crippen MR) is 254 cm³/mol. The molecule has 0 aliphatic heterocycles. The van der Waals surface area contributed by atoms with Gasteiger partial charge in [-0.05, 0) is 115 Å². The zero-order chi connectivity index (χ0) is 39.8. The fraction of sp³-hybridized carbons (Fsp3) is 0.0169. The maximum Gasteiger partial charge on any atom is 0.0726 e. The van der Waals surface area contributed by atoms with Crippen molar-refractivity contribution in [1.29, 1.82) is 0 Å². The minimum Gasteiger partial charge on any atom is -0.309 e. The molecule has 1 spiro atoms. The molecule has 2 nitrogen and oxygen atoms in total. The first kappa shape index (κ1) is 33.0. The van der Waals surface area contributed by atoms with Crippen molar-refractivity contribution in [2.45, 2.75) is 5.41 Å². The van der Waals surface area contributed by atoms with E-state index in [2.05, 4.69) is 228 Å². The second kappa shape index (κ2) is 12.1. The van der Waals surface area contributed by atoms with Crippen LogP contribution in [0.3, 0.4) is 0 Å². The molecule has 12 aromatic rings. The van der Waals surface area contributed by atoms with E-state index in [0.717, 1.165) is 0 Å². The number of benzene rings is 10. The number of hydrogen-bond donors (Lipinski definition) is 0. The quantitative estimate of drug-likeness (QED) is 0.169. The zero-order valence-corrected chi connectivity index (χ0v) is 33.2. The van der Waals surface area contributed by atoms with Gasteiger partial charge in [-0.2, -0.15) is 0 Å². The van der Waals surface area contributed by atoms with Crippen LogP contribution in [-0.4, -0.2) is 9.13 Å². The summed E-state index contributed by atoms with van der Waals surface area (Å²) in [5, 5.41) is 7.61. The lowest BCUT2D eigenvalue weighted by Crippen LogP contribution is -2.25. The normalized spacial score (nSPS) is 15.0. The first-order chi connectivity index (χ1) is 30.3. The van der Waals surface area contributed by atoms with Crippen molar-refractivity contribution in [3.05, 3.63) is 241 Å². The Morgan fingerprint density at radius 3 is 1.51 bits per heavy atom. The number of aromatic nitrogens is 2. The smallest absolute Gasteiger partial charge is 0.0726 e. The summed E-state index contributed by atoms with van der Waals surface area (Å²) in [7, 11) is 0. The Hall–Kier alpha value is -7.94. The molecule has 0 radical (unpaired) electrons. The van der Waals surface area contributed by atoms with Gasteiger partial charge in [-0.3, -0.25) is 0 Å². The molecule has 0 fully saturated rings. The largest absolute Gasteiger partial charge is 0.309 e. The summed E-state index contributed by atoms with van der Waals surface area (Å²) in [6, 6.07) is 81.5. The molecule has 61 heavy (non-hydrogen) atoms. The number of fused-ring (bicyclic) bond motifs is 18. The molecule has 0 bridgehead atoms. The van der Waals surface area contributed by atoms with Crippen LogP contribution in [0.1, 0.15) is 22.3 Å². The third kappa shape index (κ3) is 4.21. The topological polar surface area (TPSA) is 9.86 Å². The molecule has 2 heterocycles. The summed E-state index contributed by atoms with van der Waals surface area (Å²) in [4.78, 5) is 0. The van der Waals surface area contributed by atoms with Crippen LogP contribution in [0.15, 0.2) is 218 Å². The van der Waals surface area contributed by atoms with Crippen LogP contribution in [0, 0.1) is 0 Å². The van der Waals surface area contributed by atoms with Crippen molar-refractivity contribution in [1.82, 2.24) is 9.13 Å². The Bertz CT molecular complexity index is 3830. The third-order valence-electron chi connectivity index (χ3n) is 13.9. The van der Waals surface area contributed by atoms with E-state index in [1.165, 1.54) is 121 Å². The van der Waals surface area contributed by atoms with E-state index >= 15 is 0 Å². The van der Waals surface area contributed by atoms with Crippen LogP contribution in [0.25, 0.3) is 99.1 Å². The number of hydrogen-bond acceptors (Lipinski definition) is 0. The van der Waals surface area contributed by atoms with Crippen LogP contribution in [0.4, 0.5) is 0 Å². The van der Waals surface area contributed by atoms with Crippen molar-refractivity contribution in [3.8, 4) is 44.8 Å². The average molecular weight is 773 g/mol. The fourth-order valence-corrected chi connectivity index (χ4v) is 11.5. The Balaban J connectivity index is 1.00. The van der Waals surface area contributed by atoms with Crippen molar-refractivity contribution >= 4 is 54.4 Å². The van der Waals surface area contributed by atoms with Gasteiger partial charge in [-0.1, -0.05) is 164 Å². The maximum absolute atomic E-state index is 2.53. The Morgan fingerprint density at radius 1 is 0.295 bits per heavy atom. The van der Waals surface area contributed by atoms with Gasteiger partial charge in [-0.25, -0.2) is 0 Å². The van der Waals surface area contributed by atoms with Gasteiger partial charge in [0.25, 0.3) is 0 Å². The molecule has 0 saturated heterocycles. The molecule has 10 aromatic carbocycles. The van der Waals surface area contributed by atoms with Crippen molar-refractivity contribution in [3.63, 3.8) is 0 Å². The molecule has 2 aliphatic carbocycles. The average Bonchev–Trinajstić information content (AvgIpc) is 4.03. The maximum atomic E-state index is 2.53. The van der Waals surface area contributed by atoms with Crippen LogP contribution >= 0.6 is 0 Å². The summed E-state index contributed by atoms with van der Waals surface area (Å²) in [5.74, 6) is 0. The van der Waals surface area contributed by atoms with Crippen LogP contribution in [0.2, 0.25) is 0 Å². The van der Waals surface area contributed by atoms with E-state index in [1.54, 1.807) is 0 Å². The summed E-state index contributed by atoms with van der Waals surface area (Å²) >= 11 is 0. The fourth-order valence-electron chi connectivity index (χ4n) is 11.5. The first-order valence-electron chi connectivity index (χ1n) is 21.3. The summed E-state index contributed by atoms with van der Waals surface area (Å²) < 4.78 is 4.92. The van der Waals surface area contributed by atoms with Gasteiger partial charge in [0.05, 0.1) is 33.2 Å². The van der Waals surface area contributed by atoms with Gasteiger partial charge in [0.15, 0.2) is 0 Å². The molecular weight excluding hydrogens is 737 g/mol. The molecule has 0 amide bonds. The standard InChI is InChI=1S/C59H36N2/c1-2-16-40(17-3-1)60-52-26-12-8-19-42(52)46-35-38(30-33-54(46)60)39-31-34-55-47(36-39)43-20-9-13-27-53(43)61(55)56-28-14-25-50-58(56)45-22-7-11-24-49(45)59(50)48-23-10-6-21-44(48)57-41-18-5-4-15-37(41)29-32-51(57)59/h1-36H. The number of nitrogens with zero attached hydrogens (tertiary/aromatic N) is 2. The van der Waals surface area contributed by atoms with Gasteiger partial charge < -0.3 is 9.13 Å². The molecule has 282 valence electrons. The highest BCUT2D eigenvalue weighted by Crippen LogP contribution is 2.64. The third-order valence-corrected chi connectivity index (χ3v) is 13.9. The van der Waals surface area contributed by atoms with E-state index in [1.807, 2.05) is 0 Å². The lowest BCUT2D eigenvalue weighted by Gasteiger charge is -2.30. The molecule has 1 atom stereocenters. The highest BCUT2D eigenvalue weighted by Gasteiger charge is 2.52. The van der Waals surface area contributed by atoms with Crippen molar-refractivity contribution in [2.24, 2.45) is 0 Å². The molecular formula is C59H36N2. The summed E-state index contributed by atoms with van der Waals surface area (Å²) in [6.45, 7) is 0. The predicted octanol–water partition coefficient (Wildman–Crippen LogP) is 15.0. The molecule has 14 rings (SSSR count). The molecule has 0 N–H and O–H groups in total. The summed E-state index contributed by atoms with van der Waals surface area (Å²) in [6.07, 6.45) is 0. The van der Waals surface area contributed by atoms with Crippen LogP contribution in [0.5, 0.6) is 0 Å². The molecule has 1 unspecified atom stereocenters. The molecule has 2 aromatic heterocycles. The second-order valence-electron chi connectivity index (χ2n) is 16.8. The van der Waals surface area contributed by atoms with Gasteiger partial charge in [0, 0.05) is 32.8 Å². The van der Waals surface area contributed by atoms with E-state index in [-0.39, 0.29) is 0 Å². The Kier molecular flexibility index (Phi) is 6.52. The van der Waals surface area contributed by atoms with E-state index in [4.69, 9.17) is 0 Å². The van der Waals surface area contributed by atoms with Gasteiger partial charge in [0.2, 0.25) is 0 Å². The lowest BCUT2D eigenvalue weighted by molar-refractivity contribution is 0.794. The van der Waals surface area contributed by atoms with Gasteiger partial charge in [0.1, 0.15) is 0 Å². The van der Waals surface area contributed by atoms with E-state index in [0.29, 0.717) is 0 Å². The number of para-hydroxylation sites is 3. The van der Waals surface area contributed by atoms with E-state index in [9.17, 15) is 0 Å². The van der Waals surface area contributed by atoms with Crippen LogP contribution < -0.4 is 0 Å². The number of rotatable bonds is 3. The summed E-state index contributed by atoms with van der Waals surface area (Å²) in [5.41, 5.74) is 19.9. The monoisotopic (exact) mass is 772 g/mol. The van der Waals surface area contributed by atoms with Crippen molar-refractivity contribution in [2.75, 3.05) is 0 Å². The molecule has 0 saturated carbocycles. The van der Waals surface area contributed by atoms with Gasteiger partial charge in [-0.15, -0.1) is 0 Å².